The number of carbonyl (C=O) groups is 1. The number of amides is 1. The maximum Gasteiger partial charge on any atom is 0.434 e. The van der Waals surface area contributed by atoms with Gasteiger partial charge in [-0.2, -0.15) is 5.06 Å². The number of ether oxygens (including phenoxy) is 1. The van der Waals surface area contributed by atoms with Crippen LogP contribution in [0.2, 0.25) is 0 Å². The van der Waals surface area contributed by atoms with Crippen molar-refractivity contribution in [1.29, 1.82) is 0 Å². The van der Waals surface area contributed by atoms with Crippen molar-refractivity contribution in [3.63, 3.8) is 0 Å². The van der Waals surface area contributed by atoms with Gasteiger partial charge in [0.25, 0.3) is 0 Å². The van der Waals surface area contributed by atoms with Crippen LogP contribution in [0.5, 0.6) is 0 Å². The van der Waals surface area contributed by atoms with Crippen LogP contribution in [0.4, 0.5) is 4.79 Å². The number of carbonyl (C=O) groups excluding carboxylic acids is 1. The van der Waals surface area contributed by atoms with Gasteiger partial charge in [0.15, 0.2) is 0 Å². The molecule has 1 fully saturated rings. The smallest absolute Gasteiger partial charge is 0.434 e. The third-order valence-electron chi connectivity index (χ3n) is 1.26. The summed E-state index contributed by atoms with van der Waals surface area (Å²) in [6, 6.07) is 0. The summed E-state index contributed by atoms with van der Waals surface area (Å²) in [5.41, 5.74) is 0.887. The Hall–Kier alpha value is -1.03. The summed E-state index contributed by atoms with van der Waals surface area (Å²) in [6.45, 7) is 6.65. The third-order valence-corrected chi connectivity index (χ3v) is 1.26. The highest BCUT2D eigenvalue weighted by Gasteiger charge is 2.22. The lowest BCUT2D eigenvalue weighted by Gasteiger charge is -2.11. The predicted octanol–water partition coefficient (Wildman–Crippen LogP) is 0.946. The van der Waals surface area contributed by atoms with Gasteiger partial charge in [-0.05, 0) is 12.5 Å². The largest absolute Gasteiger partial charge is 0.448 e. The first-order valence-corrected chi connectivity index (χ1v) is 3.48. The molecule has 0 spiro atoms. The molecule has 11 heavy (non-hydrogen) atoms. The molecular formula is C7H11NO3. The molecule has 0 aromatic rings. The summed E-state index contributed by atoms with van der Waals surface area (Å²) in [5, 5.41) is 1.17. The van der Waals surface area contributed by atoms with Crippen LogP contribution in [-0.2, 0) is 9.57 Å². The van der Waals surface area contributed by atoms with E-state index in [9.17, 15) is 4.79 Å². The molecule has 62 valence electrons. The molecule has 0 N–H and O–H groups in total. The Kier molecular flexibility index (Phi) is 2.48. The topological polar surface area (TPSA) is 38.8 Å². The van der Waals surface area contributed by atoms with Gasteiger partial charge in [0.05, 0.1) is 19.8 Å². The monoisotopic (exact) mass is 157 g/mol. The Morgan fingerprint density at radius 2 is 2.64 bits per heavy atom. The molecular weight excluding hydrogens is 146 g/mol. The number of rotatable bonds is 1. The van der Waals surface area contributed by atoms with Gasteiger partial charge in [-0.3, -0.25) is 4.84 Å². The van der Waals surface area contributed by atoms with Crippen molar-refractivity contribution in [1.82, 2.24) is 5.06 Å². The van der Waals surface area contributed by atoms with E-state index in [4.69, 9.17) is 9.57 Å². The van der Waals surface area contributed by atoms with E-state index in [2.05, 4.69) is 6.58 Å². The van der Waals surface area contributed by atoms with Crippen molar-refractivity contribution < 1.29 is 14.4 Å². The molecule has 1 heterocycles. The first kappa shape index (κ1) is 8.07. The number of hydrogen-bond donors (Lipinski definition) is 0. The Morgan fingerprint density at radius 3 is 3.09 bits per heavy atom. The summed E-state index contributed by atoms with van der Waals surface area (Å²) in [5.74, 6) is 0. The quantitative estimate of drug-likeness (QED) is 0.532. The molecule has 1 rings (SSSR count). The second kappa shape index (κ2) is 3.39. The fraction of sp³-hybridized carbons (Fsp3) is 0.571. The van der Waals surface area contributed by atoms with Gasteiger partial charge in [-0.15, -0.1) is 0 Å². The molecule has 0 bridgehead atoms. The summed E-state index contributed by atoms with van der Waals surface area (Å²) in [7, 11) is 0. The lowest BCUT2D eigenvalue weighted by Crippen LogP contribution is -2.27. The zero-order valence-corrected chi connectivity index (χ0v) is 6.50. The third kappa shape index (κ3) is 1.94. The highest BCUT2D eigenvalue weighted by molar-refractivity contribution is 5.67. The predicted molar refractivity (Wildman–Crippen MR) is 38.8 cm³/mol. The number of hydroxylamine groups is 2. The average molecular weight is 157 g/mol. The standard InChI is InChI=1S/C7H11NO3/c1-3-10-7(9)8-4-6(2)5-11-8/h2-5H2,1H3. The molecule has 4 nitrogen and oxygen atoms in total. The molecule has 0 radical (unpaired) electrons. The maximum atomic E-state index is 10.9. The molecule has 0 aromatic heterocycles. The normalized spacial score (nSPS) is 17.2. The Balaban J connectivity index is 2.37. The van der Waals surface area contributed by atoms with E-state index in [0.29, 0.717) is 19.8 Å². The zero-order valence-electron chi connectivity index (χ0n) is 6.50. The lowest BCUT2D eigenvalue weighted by molar-refractivity contribution is -0.0902. The maximum absolute atomic E-state index is 10.9. The van der Waals surface area contributed by atoms with Crippen molar-refractivity contribution in [3.05, 3.63) is 12.2 Å². The SMILES string of the molecule is C=C1CON(C(=O)OCC)C1. The minimum absolute atomic E-state index is 0.366. The van der Waals surface area contributed by atoms with Gasteiger partial charge in [0.1, 0.15) is 0 Å². The van der Waals surface area contributed by atoms with Crippen LogP contribution in [0.25, 0.3) is 0 Å². The number of hydrogen-bond acceptors (Lipinski definition) is 3. The van der Waals surface area contributed by atoms with E-state index in [1.807, 2.05) is 0 Å². The van der Waals surface area contributed by atoms with Gasteiger partial charge >= 0.3 is 6.09 Å². The molecule has 1 aliphatic heterocycles. The molecule has 0 saturated carbocycles. The highest BCUT2D eigenvalue weighted by Crippen LogP contribution is 2.09. The molecule has 0 aromatic carbocycles. The van der Waals surface area contributed by atoms with Gasteiger partial charge < -0.3 is 4.74 Å². The van der Waals surface area contributed by atoms with Gasteiger partial charge in [0, 0.05) is 0 Å². The fourth-order valence-electron chi connectivity index (χ4n) is 0.776. The van der Waals surface area contributed by atoms with E-state index in [1.165, 1.54) is 5.06 Å². The first-order chi connectivity index (χ1) is 5.24. The second-order valence-corrected chi connectivity index (χ2v) is 2.26. The zero-order chi connectivity index (χ0) is 8.27. The van der Waals surface area contributed by atoms with Crippen molar-refractivity contribution in [2.75, 3.05) is 19.8 Å². The minimum Gasteiger partial charge on any atom is -0.448 e. The van der Waals surface area contributed by atoms with Crippen LogP contribution < -0.4 is 0 Å². The molecule has 0 aliphatic carbocycles. The van der Waals surface area contributed by atoms with E-state index in [1.54, 1.807) is 6.92 Å². The van der Waals surface area contributed by atoms with Crippen LogP contribution in [-0.4, -0.2) is 30.9 Å². The Bertz CT molecular complexity index is 179. The molecule has 1 aliphatic rings. The summed E-state index contributed by atoms with van der Waals surface area (Å²) < 4.78 is 4.70. The molecule has 4 heteroatoms. The Morgan fingerprint density at radius 1 is 1.91 bits per heavy atom. The summed E-state index contributed by atoms with van der Waals surface area (Å²) >= 11 is 0. The Labute approximate surface area is 65.3 Å². The van der Waals surface area contributed by atoms with Crippen LogP contribution in [0.3, 0.4) is 0 Å². The first-order valence-electron chi connectivity index (χ1n) is 3.48. The van der Waals surface area contributed by atoms with Crippen molar-refractivity contribution in [2.45, 2.75) is 6.92 Å². The van der Waals surface area contributed by atoms with E-state index in [0.717, 1.165) is 5.57 Å². The van der Waals surface area contributed by atoms with Gasteiger partial charge in [0.2, 0.25) is 0 Å². The molecule has 1 amide bonds. The van der Waals surface area contributed by atoms with Gasteiger partial charge in [-0.25, -0.2) is 4.79 Å². The van der Waals surface area contributed by atoms with Crippen LogP contribution in [0, 0.1) is 0 Å². The molecule has 1 saturated heterocycles. The highest BCUT2D eigenvalue weighted by atomic mass is 16.7. The number of nitrogens with zero attached hydrogens (tertiary/aromatic N) is 1. The van der Waals surface area contributed by atoms with Crippen molar-refractivity contribution in [2.24, 2.45) is 0 Å². The van der Waals surface area contributed by atoms with E-state index < -0.39 is 6.09 Å². The second-order valence-electron chi connectivity index (χ2n) is 2.26. The van der Waals surface area contributed by atoms with E-state index in [-0.39, 0.29) is 0 Å². The molecule has 0 unspecified atom stereocenters. The average Bonchev–Trinajstić information content (AvgIpc) is 2.36. The van der Waals surface area contributed by atoms with Crippen molar-refractivity contribution >= 4 is 6.09 Å². The van der Waals surface area contributed by atoms with E-state index >= 15 is 0 Å². The van der Waals surface area contributed by atoms with Crippen LogP contribution in [0.15, 0.2) is 12.2 Å². The van der Waals surface area contributed by atoms with Crippen molar-refractivity contribution in [3.8, 4) is 0 Å². The van der Waals surface area contributed by atoms with Gasteiger partial charge in [-0.1, -0.05) is 6.58 Å². The lowest BCUT2D eigenvalue weighted by atomic mass is 10.3. The van der Waals surface area contributed by atoms with Crippen LogP contribution in [0.1, 0.15) is 6.92 Å². The molecule has 0 atom stereocenters. The van der Waals surface area contributed by atoms with Crippen LogP contribution >= 0.6 is 0 Å². The summed E-state index contributed by atoms with van der Waals surface area (Å²) in [4.78, 5) is 15.9. The minimum atomic E-state index is -0.439. The fourth-order valence-corrected chi connectivity index (χ4v) is 0.776. The summed E-state index contributed by atoms with van der Waals surface area (Å²) in [6.07, 6.45) is -0.439.